The van der Waals surface area contributed by atoms with Gasteiger partial charge >= 0.3 is 0 Å². The van der Waals surface area contributed by atoms with Gasteiger partial charge in [-0.3, -0.25) is 0 Å². The Bertz CT molecular complexity index is 761. The standard InChI is InChI=1S/C27H60O8Si4/c1-16-20-24(34-38(10,11)12)23(33-37(7,8)9)19(3)26(29-20)31-27-25(35-39(13,14)15)22(32-36(4,5)6)18(2)21(17-28)30-27/h18-28H,16-17H2,1-15H3/t18-,19?,20?,21?,22+,23?,24-,25?,26-,27-/m1/s1. The first kappa shape index (κ1) is 35.7. The topological polar surface area (TPSA) is 84.8 Å². The predicted octanol–water partition coefficient (Wildman–Crippen LogP) is 6.01. The van der Waals surface area contributed by atoms with Crippen LogP contribution in [0.2, 0.25) is 78.6 Å². The van der Waals surface area contributed by atoms with E-state index in [1.54, 1.807) is 0 Å². The second kappa shape index (κ2) is 13.5. The molecule has 39 heavy (non-hydrogen) atoms. The van der Waals surface area contributed by atoms with Crippen LogP contribution < -0.4 is 0 Å². The van der Waals surface area contributed by atoms with Crippen LogP contribution >= 0.6 is 0 Å². The van der Waals surface area contributed by atoms with Crippen LogP contribution in [0, 0.1) is 11.8 Å². The van der Waals surface area contributed by atoms with Gasteiger partial charge in [-0.05, 0) is 85.0 Å². The van der Waals surface area contributed by atoms with Crippen LogP contribution in [-0.2, 0) is 31.9 Å². The zero-order chi connectivity index (χ0) is 30.1. The normalized spacial score (nSPS) is 37.2. The summed E-state index contributed by atoms with van der Waals surface area (Å²) in [4.78, 5) is 0. The molecule has 0 amide bonds. The molecule has 2 aliphatic heterocycles. The highest BCUT2D eigenvalue weighted by molar-refractivity contribution is 6.71. The number of aliphatic hydroxyl groups is 1. The SMILES string of the molecule is CCC1O[C@H](O[C@H]2OC(CO)[C@@H](C)[C@H](O[Si](C)(C)C)C2O[Si](C)(C)C)C(C)C(O[Si](C)(C)C)[C@@H]1O[Si](C)(C)C. The maximum absolute atomic E-state index is 10.2. The van der Waals surface area contributed by atoms with Gasteiger partial charge in [0, 0.05) is 11.8 Å². The second-order valence-corrected chi connectivity index (χ2v) is 33.2. The van der Waals surface area contributed by atoms with Crippen molar-refractivity contribution in [3.63, 3.8) is 0 Å². The molecule has 2 rings (SSSR count). The molecule has 0 saturated carbocycles. The number of rotatable bonds is 12. The largest absolute Gasteiger partial charge is 0.412 e. The Hall–Kier alpha value is 0.548. The highest BCUT2D eigenvalue weighted by Crippen LogP contribution is 2.39. The Labute approximate surface area is 243 Å². The molecule has 0 bridgehead atoms. The summed E-state index contributed by atoms with van der Waals surface area (Å²) in [5.74, 6) is -0.145. The van der Waals surface area contributed by atoms with Gasteiger partial charge in [-0.15, -0.1) is 0 Å². The fourth-order valence-corrected chi connectivity index (χ4v) is 9.76. The molecule has 12 heteroatoms. The molecule has 0 spiro atoms. The van der Waals surface area contributed by atoms with E-state index < -0.39 is 58.1 Å². The van der Waals surface area contributed by atoms with E-state index in [1.807, 2.05) is 0 Å². The van der Waals surface area contributed by atoms with Gasteiger partial charge in [0.1, 0.15) is 6.10 Å². The molecule has 0 aliphatic carbocycles. The molecule has 0 radical (unpaired) electrons. The molecule has 232 valence electrons. The third-order valence-corrected chi connectivity index (χ3v) is 10.7. The van der Waals surface area contributed by atoms with Gasteiger partial charge in [0.05, 0.1) is 37.1 Å². The van der Waals surface area contributed by atoms with Gasteiger partial charge in [0.2, 0.25) is 0 Å². The molecule has 1 N–H and O–H groups in total. The van der Waals surface area contributed by atoms with Crippen molar-refractivity contribution in [2.45, 2.75) is 155 Å². The highest BCUT2D eigenvalue weighted by Gasteiger charge is 2.53. The summed E-state index contributed by atoms with van der Waals surface area (Å²) in [5, 5.41) is 10.2. The number of ether oxygens (including phenoxy) is 3. The van der Waals surface area contributed by atoms with Crippen molar-refractivity contribution in [3.8, 4) is 0 Å². The van der Waals surface area contributed by atoms with E-state index in [0.717, 1.165) is 6.42 Å². The first-order valence-electron chi connectivity index (χ1n) is 14.8. The van der Waals surface area contributed by atoms with Gasteiger partial charge < -0.3 is 37.0 Å². The van der Waals surface area contributed by atoms with E-state index in [9.17, 15) is 5.11 Å². The van der Waals surface area contributed by atoms with Crippen molar-refractivity contribution < 1.29 is 37.0 Å². The average Bonchev–Trinajstić information content (AvgIpc) is 2.73. The van der Waals surface area contributed by atoms with Crippen molar-refractivity contribution in [1.82, 2.24) is 0 Å². The van der Waals surface area contributed by atoms with Gasteiger partial charge in [0.15, 0.2) is 45.8 Å². The van der Waals surface area contributed by atoms with Gasteiger partial charge in [-0.25, -0.2) is 0 Å². The molecule has 5 unspecified atom stereocenters. The Morgan fingerprint density at radius 2 is 0.923 bits per heavy atom. The van der Waals surface area contributed by atoms with Crippen LogP contribution in [0.5, 0.6) is 0 Å². The van der Waals surface area contributed by atoms with Crippen LogP contribution in [0.25, 0.3) is 0 Å². The van der Waals surface area contributed by atoms with E-state index in [4.69, 9.17) is 31.9 Å². The van der Waals surface area contributed by atoms with E-state index >= 15 is 0 Å². The fraction of sp³-hybridized carbons (Fsp3) is 1.00. The van der Waals surface area contributed by atoms with Crippen molar-refractivity contribution >= 4 is 33.3 Å². The summed E-state index contributed by atoms with van der Waals surface area (Å²) in [7, 11) is -7.74. The lowest BCUT2D eigenvalue weighted by Gasteiger charge is -2.52. The zero-order valence-corrected chi connectivity index (χ0v) is 31.5. The molecule has 2 fully saturated rings. The van der Waals surface area contributed by atoms with E-state index in [2.05, 4.69) is 99.3 Å². The summed E-state index contributed by atoms with van der Waals surface area (Å²) in [6.45, 7) is 32.5. The number of hydrogen-bond donors (Lipinski definition) is 1. The lowest BCUT2D eigenvalue weighted by atomic mass is 9.90. The Morgan fingerprint density at radius 1 is 0.538 bits per heavy atom. The summed E-state index contributed by atoms with van der Waals surface area (Å²) in [5.41, 5.74) is 0. The molecule has 2 saturated heterocycles. The summed E-state index contributed by atoms with van der Waals surface area (Å²) in [6, 6.07) is 0. The van der Waals surface area contributed by atoms with Crippen molar-refractivity contribution in [3.05, 3.63) is 0 Å². The Balaban J connectivity index is 2.46. The van der Waals surface area contributed by atoms with Crippen LogP contribution in [0.1, 0.15) is 27.2 Å². The molecule has 0 aromatic carbocycles. The molecule has 0 aromatic heterocycles. The van der Waals surface area contributed by atoms with Crippen LogP contribution in [-0.4, -0.2) is 94.2 Å². The minimum atomic E-state index is -2.01. The first-order valence-corrected chi connectivity index (χ1v) is 28.5. The minimum absolute atomic E-state index is 0.0477. The average molecular weight is 625 g/mol. The third-order valence-electron chi connectivity index (χ3n) is 6.76. The Morgan fingerprint density at radius 3 is 1.33 bits per heavy atom. The second-order valence-electron chi connectivity index (χ2n) is 15.3. The monoisotopic (exact) mass is 624 g/mol. The van der Waals surface area contributed by atoms with Crippen LogP contribution in [0.15, 0.2) is 0 Å². The maximum atomic E-state index is 10.2. The third kappa shape index (κ3) is 11.0. The zero-order valence-electron chi connectivity index (χ0n) is 27.5. The Kier molecular flexibility index (Phi) is 12.3. The smallest absolute Gasteiger partial charge is 0.188 e. The molecular weight excluding hydrogens is 565 g/mol. The molecule has 2 heterocycles. The predicted molar refractivity (Wildman–Crippen MR) is 167 cm³/mol. The summed E-state index contributed by atoms with van der Waals surface area (Å²) < 4.78 is 46.8. The molecule has 0 aromatic rings. The lowest BCUT2D eigenvalue weighted by molar-refractivity contribution is -0.358. The molecule has 10 atom stereocenters. The quantitative estimate of drug-likeness (QED) is 0.265. The fourth-order valence-electron chi connectivity index (χ4n) is 5.26. The van der Waals surface area contributed by atoms with Crippen molar-refractivity contribution in [2.75, 3.05) is 6.61 Å². The molecular formula is C27H60O8Si4. The minimum Gasteiger partial charge on any atom is -0.412 e. The van der Waals surface area contributed by atoms with Crippen LogP contribution in [0.4, 0.5) is 0 Å². The van der Waals surface area contributed by atoms with Gasteiger partial charge in [-0.1, -0.05) is 20.8 Å². The number of hydrogen-bond acceptors (Lipinski definition) is 8. The van der Waals surface area contributed by atoms with Crippen LogP contribution in [0.3, 0.4) is 0 Å². The van der Waals surface area contributed by atoms with E-state index in [0.29, 0.717) is 0 Å². The summed E-state index contributed by atoms with van der Waals surface area (Å²) in [6.07, 6.45) is -2.11. The lowest BCUT2D eigenvalue weighted by Crippen LogP contribution is -2.64. The van der Waals surface area contributed by atoms with E-state index in [-0.39, 0.29) is 42.9 Å². The molecule has 8 nitrogen and oxygen atoms in total. The maximum Gasteiger partial charge on any atom is 0.188 e. The summed E-state index contributed by atoms with van der Waals surface area (Å²) >= 11 is 0. The van der Waals surface area contributed by atoms with Crippen molar-refractivity contribution in [2.24, 2.45) is 11.8 Å². The molecule has 2 aliphatic rings. The van der Waals surface area contributed by atoms with Gasteiger partial charge in [0.25, 0.3) is 0 Å². The first-order chi connectivity index (χ1) is 17.5. The highest BCUT2D eigenvalue weighted by atomic mass is 28.4. The van der Waals surface area contributed by atoms with E-state index in [1.165, 1.54) is 0 Å². The van der Waals surface area contributed by atoms with Crippen molar-refractivity contribution in [1.29, 1.82) is 0 Å². The van der Waals surface area contributed by atoms with Gasteiger partial charge in [-0.2, -0.15) is 0 Å². The number of aliphatic hydroxyl groups excluding tert-OH is 1.